The van der Waals surface area contributed by atoms with Crippen molar-refractivity contribution in [3.8, 4) is 0 Å². The monoisotopic (exact) mass is 349 g/mol. The summed E-state index contributed by atoms with van der Waals surface area (Å²) in [6, 6.07) is -1.01. The number of carbonyl (C=O) groups is 2. The Balaban J connectivity index is 2.00. The van der Waals surface area contributed by atoms with E-state index >= 15 is 0 Å². The van der Waals surface area contributed by atoms with Gasteiger partial charge < -0.3 is 19.5 Å². The Hall–Kier alpha value is -2.10. The van der Waals surface area contributed by atoms with Gasteiger partial charge >= 0.3 is 6.18 Å². The van der Waals surface area contributed by atoms with Crippen LogP contribution in [0.2, 0.25) is 0 Å². The Morgan fingerprint density at radius 3 is 2.75 bits per heavy atom. The van der Waals surface area contributed by atoms with Gasteiger partial charge in [-0.1, -0.05) is 5.16 Å². The third-order valence-corrected chi connectivity index (χ3v) is 3.78. The summed E-state index contributed by atoms with van der Waals surface area (Å²) in [5.74, 6) is -0.894. The zero-order valence-corrected chi connectivity index (χ0v) is 13.2. The predicted molar refractivity (Wildman–Crippen MR) is 74.9 cm³/mol. The second kappa shape index (κ2) is 7.20. The van der Waals surface area contributed by atoms with E-state index in [9.17, 15) is 22.8 Å². The molecule has 2 rings (SSSR count). The van der Waals surface area contributed by atoms with Crippen molar-refractivity contribution in [3.05, 3.63) is 17.5 Å². The quantitative estimate of drug-likeness (QED) is 0.890. The lowest BCUT2D eigenvalue weighted by Gasteiger charge is -2.40. The second-order valence-corrected chi connectivity index (χ2v) is 5.59. The number of likely N-dealkylation sites (tertiary alicyclic amines) is 1. The van der Waals surface area contributed by atoms with E-state index in [4.69, 9.17) is 9.26 Å². The maximum atomic E-state index is 13.0. The molecule has 0 spiro atoms. The Bertz CT molecular complexity index is 602. The van der Waals surface area contributed by atoms with Crippen LogP contribution in [0, 0.1) is 0 Å². The summed E-state index contributed by atoms with van der Waals surface area (Å²) < 4.78 is 48.6. The number of alkyl halides is 3. The Morgan fingerprint density at radius 2 is 2.17 bits per heavy atom. The summed E-state index contributed by atoms with van der Waals surface area (Å²) in [5.41, 5.74) is 0.00868. The molecule has 2 unspecified atom stereocenters. The molecule has 0 aliphatic carbocycles. The molecule has 1 N–H and O–H groups in total. The normalized spacial score (nSPS) is 21.6. The van der Waals surface area contributed by atoms with E-state index in [0.717, 1.165) is 11.8 Å². The number of ether oxygens (including phenoxy) is 1. The van der Waals surface area contributed by atoms with Crippen molar-refractivity contribution < 1.29 is 32.0 Å². The van der Waals surface area contributed by atoms with E-state index in [1.165, 1.54) is 13.2 Å². The molecule has 2 amide bonds. The molecule has 2 heterocycles. The zero-order chi connectivity index (χ0) is 17.9. The summed E-state index contributed by atoms with van der Waals surface area (Å²) >= 11 is 0. The molecule has 1 saturated heterocycles. The molecule has 1 aliphatic heterocycles. The number of hydrogen-bond donors (Lipinski definition) is 1. The maximum Gasteiger partial charge on any atom is 0.408 e. The van der Waals surface area contributed by atoms with E-state index < -0.39 is 30.1 Å². The number of piperidine rings is 1. The topological polar surface area (TPSA) is 84.7 Å². The fourth-order valence-electron chi connectivity index (χ4n) is 2.67. The van der Waals surface area contributed by atoms with Crippen molar-refractivity contribution in [3.63, 3.8) is 0 Å². The van der Waals surface area contributed by atoms with E-state index in [2.05, 4.69) is 10.5 Å². The molecule has 0 bridgehead atoms. The fraction of sp³-hybridized carbons (Fsp3) is 0.643. The minimum absolute atomic E-state index is 0.00868. The van der Waals surface area contributed by atoms with Crippen molar-refractivity contribution in [2.75, 3.05) is 13.7 Å². The number of aromatic nitrogens is 1. The minimum Gasteiger partial charge on any atom is -0.377 e. The van der Waals surface area contributed by atoms with Crippen LogP contribution in [0.25, 0.3) is 0 Å². The van der Waals surface area contributed by atoms with Gasteiger partial charge in [0.15, 0.2) is 11.5 Å². The molecule has 0 aromatic carbocycles. The molecule has 1 aliphatic rings. The van der Waals surface area contributed by atoms with Gasteiger partial charge in [-0.2, -0.15) is 13.2 Å². The van der Waals surface area contributed by atoms with Gasteiger partial charge in [0, 0.05) is 32.7 Å². The molecule has 10 heteroatoms. The van der Waals surface area contributed by atoms with E-state index in [0.29, 0.717) is 5.76 Å². The van der Waals surface area contributed by atoms with E-state index in [1.54, 1.807) is 0 Å². The van der Waals surface area contributed by atoms with Crippen molar-refractivity contribution in [2.45, 2.75) is 44.6 Å². The molecule has 1 fully saturated rings. The molecule has 0 saturated carbocycles. The third-order valence-electron chi connectivity index (χ3n) is 3.78. The van der Waals surface area contributed by atoms with Gasteiger partial charge in [-0.3, -0.25) is 9.59 Å². The average molecular weight is 349 g/mol. The summed E-state index contributed by atoms with van der Waals surface area (Å²) in [7, 11) is 1.46. The van der Waals surface area contributed by atoms with Crippen molar-refractivity contribution >= 4 is 11.8 Å². The van der Waals surface area contributed by atoms with Gasteiger partial charge in [0.1, 0.15) is 12.6 Å². The molecule has 7 nitrogen and oxygen atoms in total. The van der Waals surface area contributed by atoms with Gasteiger partial charge in [0.25, 0.3) is 5.91 Å². The van der Waals surface area contributed by atoms with Gasteiger partial charge in [-0.05, 0) is 12.8 Å². The molecular formula is C14H18F3N3O4. The lowest BCUT2D eigenvalue weighted by molar-refractivity contribution is -0.196. The number of hydrogen-bond acceptors (Lipinski definition) is 5. The van der Waals surface area contributed by atoms with Crippen LogP contribution in [0.4, 0.5) is 13.2 Å². The maximum absolute atomic E-state index is 13.0. The second-order valence-electron chi connectivity index (χ2n) is 5.59. The standard InChI is InChI=1S/C14H18F3N3O4/c1-8(21)20-6-9(3-4-12(20)14(15,16)17)18-13(22)11-5-10(7-23-2)24-19-11/h5,9,12H,3-4,6-7H2,1-2H3,(H,18,22). The van der Waals surface area contributed by atoms with E-state index in [1.807, 2.05) is 0 Å². The minimum atomic E-state index is -4.48. The number of halogens is 3. The summed E-state index contributed by atoms with van der Waals surface area (Å²) in [4.78, 5) is 24.3. The van der Waals surface area contributed by atoms with Crippen LogP contribution in [0.5, 0.6) is 0 Å². The van der Waals surface area contributed by atoms with Crippen LogP contribution in [0.1, 0.15) is 36.0 Å². The SMILES string of the molecule is COCc1cc(C(=O)NC2CCC(C(F)(F)F)N(C(C)=O)C2)no1. The van der Waals surface area contributed by atoms with Crippen LogP contribution in [0.15, 0.2) is 10.6 Å². The Labute approximate surface area is 136 Å². The highest BCUT2D eigenvalue weighted by atomic mass is 19.4. The van der Waals surface area contributed by atoms with Crippen LogP contribution in [-0.4, -0.2) is 53.8 Å². The summed E-state index contributed by atoms with van der Waals surface area (Å²) in [6.07, 6.45) is -4.63. The summed E-state index contributed by atoms with van der Waals surface area (Å²) in [5, 5.41) is 6.16. The lowest BCUT2D eigenvalue weighted by atomic mass is 9.97. The lowest BCUT2D eigenvalue weighted by Crippen LogP contribution is -2.57. The van der Waals surface area contributed by atoms with Crippen molar-refractivity contribution in [1.82, 2.24) is 15.4 Å². The number of amides is 2. The van der Waals surface area contributed by atoms with Crippen molar-refractivity contribution in [1.29, 1.82) is 0 Å². The first-order chi connectivity index (χ1) is 11.2. The van der Waals surface area contributed by atoms with Crippen LogP contribution in [0.3, 0.4) is 0 Å². The van der Waals surface area contributed by atoms with Gasteiger partial charge in [-0.15, -0.1) is 0 Å². The van der Waals surface area contributed by atoms with Gasteiger partial charge in [0.05, 0.1) is 0 Å². The van der Waals surface area contributed by atoms with Crippen LogP contribution in [-0.2, 0) is 16.1 Å². The molecule has 0 radical (unpaired) electrons. The Morgan fingerprint density at radius 1 is 1.46 bits per heavy atom. The van der Waals surface area contributed by atoms with Crippen LogP contribution >= 0.6 is 0 Å². The molecule has 24 heavy (non-hydrogen) atoms. The Kier molecular flexibility index (Phi) is 5.47. The van der Waals surface area contributed by atoms with Crippen molar-refractivity contribution in [2.24, 2.45) is 0 Å². The van der Waals surface area contributed by atoms with Gasteiger partial charge in [-0.25, -0.2) is 0 Å². The highest BCUT2D eigenvalue weighted by Gasteiger charge is 2.47. The first kappa shape index (κ1) is 18.2. The molecule has 2 atom stereocenters. The molecule has 134 valence electrons. The largest absolute Gasteiger partial charge is 0.408 e. The third kappa shape index (κ3) is 4.25. The number of nitrogens with one attached hydrogen (secondary N) is 1. The molecular weight excluding hydrogens is 331 g/mol. The zero-order valence-electron chi connectivity index (χ0n) is 13.2. The predicted octanol–water partition coefficient (Wildman–Crippen LogP) is 1.49. The number of rotatable bonds is 4. The number of methoxy groups -OCH3 is 1. The average Bonchev–Trinajstić information content (AvgIpc) is 2.95. The number of nitrogens with zero attached hydrogens (tertiary/aromatic N) is 2. The number of carbonyl (C=O) groups excluding carboxylic acids is 2. The van der Waals surface area contributed by atoms with E-state index in [-0.39, 0.29) is 31.7 Å². The first-order valence-electron chi connectivity index (χ1n) is 7.31. The fourth-order valence-corrected chi connectivity index (χ4v) is 2.67. The highest BCUT2D eigenvalue weighted by molar-refractivity contribution is 5.92. The van der Waals surface area contributed by atoms with Crippen LogP contribution < -0.4 is 5.32 Å². The molecule has 1 aromatic rings. The first-order valence-corrected chi connectivity index (χ1v) is 7.31. The summed E-state index contributed by atoms with van der Waals surface area (Å²) in [6.45, 7) is 1.03. The van der Waals surface area contributed by atoms with Gasteiger partial charge in [0.2, 0.25) is 5.91 Å². The molecule has 1 aromatic heterocycles. The highest BCUT2D eigenvalue weighted by Crippen LogP contribution is 2.32. The smallest absolute Gasteiger partial charge is 0.377 e.